The second kappa shape index (κ2) is 21.4. The fourth-order valence-corrected chi connectivity index (χ4v) is 7.16. The summed E-state index contributed by atoms with van der Waals surface area (Å²) >= 11 is 0. The van der Waals surface area contributed by atoms with Crippen LogP contribution >= 0.6 is 0 Å². The molecule has 2 aromatic carbocycles. The number of rotatable bonds is 21. The molecule has 2 aliphatic heterocycles. The second-order valence-electron chi connectivity index (χ2n) is 14.7. The molecule has 0 spiro atoms. The van der Waals surface area contributed by atoms with Crippen LogP contribution in [0.5, 0.6) is 0 Å². The van der Waals surface area contributed by atoms with Crippen LogP contribution < -0.4 is 0 Å². The number of aliphatic hydroxyl groups excluding tert-OH is 1. The predicted octanol–water partition coefficient (Wildman–Crippen LogP) is 4.11. The molecule has 2 amide bonds. The number of methoxy groups -OCH3 is 2. The lowest BCUT2D eigenvalue weighted by Gasteiger charge is -2.45. The lowest BCUT2D eigenvalue weighted by Crippen LogP contribution is -2.61. The first kappa shape index (κ1) is 45.4. The van der Waals surface area contributed by atoms with Crippen LogP contribution in [0.3, 0.4) is 0 Å². The number of allylic oxidation sites excluding steroid dienone is 1. The summed E-state index contributed by atoms with van der Waals surface area (Å²) in [5.74, 6) is -3.38. The third kappa shape index (κ3) is 12.1. The van der Waals surface area contributed by atoms with Gasteiger partial charge in [-0.25, -0.2) is 9.69 Å². The molecular weight excluding hydrogens is 742 g/mol. The number of aliphatic hydroxyl groups is 1. The van der Waals surface area contributed by atoms with E-state index in [2.05, 4.69) is 0 Å². The molecule has 2 fully saturated rings. The van der Waals surface area contributed by atoms with Crippen molar-refractivity contribution in [1.29, 1.82) is 0 Å². The topological polar surface area (TPSA) is 183 Å². The number of carbonyl (C=O) groups is 5. The van der Waals surface area contributed by atoms with E-state index in [1.165, 1.54) is 7.11 Å². The van der Waals surface area contributed by atoms with Crippen molar-refractivity contribution in [2.24, 2.45) is 5.92 Å². The third-order valence-electron chi connectivity index (χ3n) is 9.64. The molecule has 2 aromatic rings. The first-order valence-electron chi connectivity index (χ1n) is 18.9. The Balaban J connectivity index is 1.42. The molecule has 0 radical (unpaired) electrons. The number of carbonyl (C=O) groups excluding carboxylic acids is 5. The van der Waals surface area contributed by atoms with Gasteiger partial charge in [0.25, 0.3) is 5.91 Å². The smallest absolute Gasteiger partial charge is 0.417 e. The van der Waals surface area contributed by atoms with Crippen LogP contribution in [0.25, 0.3) is 0 Å². The fourth-order valence-electron chi connectivity index (χ4n) is 7.16. The van der Waals surface area contributed by atoms with Crippen LogP contribution in [-0.4, -0.2) is 122 Å². The Kier molecular flexibility index (Phi) is 17.0. The van der Waals surface area contributed by atoms with E-state index in [9.17, 15) is 29.1 Å². The molecule has 0 bridgehead atoms. The van der Waals surface area contributed by atoms with Gasteiger partial charge in [-0.05, 0) is 49.5 Å². The van der Waals surface area contributed by atoms with Gasteiger partial charge in [-0.15, -0.1) is 0 Å². The van der Waals surface area contributed by atoms with E-state index in [0.29, 0.717) is 0 Å². The standard InChI is InChI=1S/C42H55NO14/c1-26(2)38-42(4,5)57-41(49)43(38)39(48)36(50-6)33(55-27(3)45)31(47)21-20-30(46)19-14-22-52-37-35(54-25-29-17-12-9-13-18-29)34(32(23-44)56-40(37)51-7)53-24-28-15-10-8-11-16-28/h8-13,15-18,20-21,26,32-38,40,44H,14,19,22-25H2,1-7H3. The number of nitrogens with zero attached hydrogens (tertiary/aromatic N) is 1. The van der Waals surface area contributed by atoms with E-state index in [4.69, 9.17) is 37.9 Å². The van der Waals surface area contributed by atoms with Gasteiger partial charge in [-0.1, -0.05) is 74.5 Å². The maximum Gasteiger partial charge on any atom is 0.417 e. The molecule has 0 aromatic heterocycles. The van der Waals surface area contributed by atoms with Crippen molar-refractivity contribution in [2.45, 2.75) is 115 Å². The SMILES string of the molecule is COC1OC(CO)C(OCc2ccccc2)C(OCc2ccccc2)C1OCCCC(=O)C=CC(=O)C(OC(C)=O)C(OC)C(=O)N1C(=O)OC(C)(C)C1C(C)C. The van der Waals surface area contributed by atoms with Crippen molar-refractivity contribution in [3.05, 3.63) is 83.9 Å². The molecule has 8 atom stereocenters. The lowest BCUT2D eigenvalue weighted by atomic mass is 9.88. The molecule has 312 valence electrons. The molecule has 2 heterocycles. The van der Waals surface area contributed by atoms with E-state index in [1.54, 1.807) is 13.8 Å². The average Bonchev–Trinajstić information content (AvgIpc) is 3.44. The van der Waals surface area contributed by atoms with Crippen LogP contribution in [0.2, 0.25) is 0 Å². The lowest BCUT2D eigenvalue weighted by molar-refractivity contribution is -0.319. The van der Waals surface area contributed by atoms with Crippen molar-refractivity contribution in [3.63, 3.8) is 0 Å². The Morgan fingerprint density at radius 2 is 1.46 bits per heavy atom. The number of hydrogen-bond donors (Lipinski definition) is 1. The van der Waals surface area contributed by atoms with Crippen molar-refractivity contribution < 1.29 is 67.0 Å². The largest absolute Gasteiger partial charge is 0.451 e. The molecule has 57 heavy (non-hydrogen) atoms. The number of ketones is 2. The zero-order valence-corrected chi connectivity index (χ0v) is 33.6. The molecule has 1 N–H and O–H groups in total. The molecule has 15 nitrogen and oxygen atoms in total. The average molecular weight is 798 g/mol. The maximum absolute atomic E-state index is 13.7. The number of hydrogen-bond acceptors (Lipinski definition) is 14. The zero-order valence-electron chi connectivity index (χ0n) is 33.6. The van der Waals surface area contributed by atoms with Gasteiger partial charge in [0.2, 0.25) is 0 Å². The van der Waals surface area contributed by atoms with Gasteiger partial charge in [-0.3, -0.25) is 19.2 Å². The van der Waals surface area contributed by atoms with Crippen LogP contribution in [0.4, 0.5) is 4.79 Å². The van der Waals surface area contributed by atoms with Crippen molar-refractivity contribution in [3.8, 4) is 0 Å². The maximum atomic E-state index is 13.7. The minimum Gasteiger partial charge on any atom is -0.451 e. The van der Waals surface area contributed by atoms with E-state index >= 15 is 0 Å². The minimum atomic E-state index is -1.79. The fraction of sp³-hybridized carbons (Fsp3) is 0.548. The van der Waals surface area contributed by atoms with Crippen LogP contribution in [0.15, 0.2) is 72.8 Å². The highest BCUT2D eigenvalue weighted by Crippen LogP contribution is 2.35. The highest BCUT2D eigenvalue weighted by atomic mass is 16.7. The van der Waals surface area contributed by atoms with Crippen LogP contribution in [-0.2, 0) is 70.3 Å². The summed E-state index contributed by atoms with van der Waals surface area (Å²) in [6.07, 6.45) is -6.37. The highest BCUT2D eigenvalue weighted by Gasteiger charge is 2.55. The van der Waals surface area contributed by atoms with Gasteiger partial charge in [0.05, 0.1) is 25.9 Å². The third-order valence-corrected chi connectivity index (χ3v) is 9.64. The first-order valence-corrected chi connectivity index (χ1v) is 18.9. The summed E-state index contributed by atoms with van der Waals surface area (Å²) in [6.45, 7) is 8.14. The van der Waals surface area contributed by atoms with Gasteiger partial charge in [0.15, 0.2) is 30.1 Å². The van der Waals surface area contributed by atoms with E-state index < -0.39 is 84.1 Å². The molecule has 15 heteroatoms. The quantitative estimate of drug-likeness (QED) is 0.108. The number of cyclic esters (lactones) is 1. The number of benzene rings is 2. The van der Waals surface area contributed by atoms with Gasteiger partial charge in [0.1, 0.15) is 30.0 Å². The van der Waals surface area contributed by atoms with Crippen molar-refractivity contribution >= 4 is 29.5 Å². The summed E-state index contributed by atoms with van der Waals surface area (Å²) < 4.78 is 46.7. The molecular formula is C42H55NO14. The van der Waals surface area contributed by atoms with E-state index in [1.807, 2.05) is 74.5 Å². The number of ether oxygens (including phenoxy) is 8. The Labute approximate surface area is 333 Å². The Hall–Kier alpha value is -4.35. The van der Waals surface area contributed by atoms with E-state index in [0.717, 1.165) is 42.2 Å². The Morgan fingerprint density at radius 3 is 1.98 bits per heavy atom. The van der Waals surface area contributed by atoms with Gasteiger partial charge >= 0.3 is 12.1 Å². The summed E-state index contributed by atoms with van der Waals surface area (Å²) in [7, 11) is 2.59. The Morgan fingerprint density at radius 1 is 0.860 bits per heavy atom. The summed E-state index contributed by atoms with van der Waals surface area (Å²) in [6, 6.07) is 18.4. The summed E-state index contributed by atoms with van der Waals surface area (Å²) in [5.41, 5.74) is 0.793. The van der Waals surface area contributed by atoms with Gasteiger partial charge in [-0.2, -0.15) is 0 Å². The van der Waals surface area contributed by atoms with Gasteiger partial charge in [0, 0.05) is 34.2 Å². The predicted molar refractivity (Wildman–Crippen MR) is 203 cm³/mol. The minimum absolute atomic E-state index is 0.0482. The molecule has 0 saturated carbocycles. The number of esters is 1. The van der Waals surface area contributed by atoms with Crippen LogP contribution in [0, 0.1) is 5.92 Å². The molecule has 8 unspecified atom stereocenters. The molecule has 0 aliphatic carbocycles. The van der Waals surface area contributed by atoms with Gasteiger partial charge < -0.3 is 43.0 Å². The highest BCUT2D eigenvalue weighted by molar-refractivity contribution is 6.05. The van der Waals surface area contributed by atoms with Crippen molar-refractivity contribution in [2.75, 3.05) is 27.4 Å². The van der Waals surface area contributed by atoms with Crippen LogP contribution in [0.1, 0.15) is 58.6 Å². The van der Waals surface area contributed by atoms with Crippen molar-refractivity contribution in [1.82, 2.24) is 4.90 Å². The number of imide groups is 1. The molecule has 2 aliphatic rings. The van der Waals surface area contributed by atoms with E-state index in [-0.39, 0.29) is 45.2 Å². The number of amides is 2. The monoisotopic (exact) mass is 797 g/mol. The summed E-state index contributed by atoms with van der Waals surface area (Å²) in [5, 5.41) is 10.3. The second-order valence-corrected chi connectivity index (χ2v) is 14.7. The first-order chi connectivity index (χ1) is 27.2. The summed E-state index contributed by atoms with van der Waals surface area (Å²) in [4.78, 5) is 65.8. The zero-order chi connectivity index (χ0) is 41.7. The normalized spacial score (nSPS) is 24.3. The molecule has 2 saturated heterocycles. The molecule has 4 rings (SSSR count). The Bertz CT molecular complexity index is 1660.